The standard InChI is InChI=1S/C21H15NO4S/c23-20-16-8-4-5-9-18(16)27(26)19-11-10-15(21(24)25)12-17(19)22(20)13-14-6-2-1-3-7-14/h1-12H,13H2,(H,24,25)/t27-/m1/s1. The first kappa shape index (κ1) is 17.2. The number of nitrogens with zero attached hydrogens (tertiary/aromatic N) is 1. The summed E-state index contributed by atoms with van der Waals surface area (Å²) in [5.74, 6) is -1.40. The zero-order chi connectivity index (χ0) is 19.0. The molecule has 0 unspecified atom stereocenters. The number of amides is 1. The Hall–Kier alpha value is -3.25. The maximum absolute atomic E-state index is 13.3. The first-order valence-electron chi connectivity index (χ1n) is 8.30. The molecule has 0 fully saturated rings. The highest BCUT2D eigenvalue weighted by molar-refractivity contribution is 7.85. The molecule has 134 valence electrons. The van der Waals surface area contributed by atoms with Crippen LogP contribution in [0.1, 0.15) is 26.3 Å². The lowest BCUT2D eigenvalue weighted by Crippen LogP contribution is -2.30. The van der Waals surface area contributed by atoms with E-state index in [1.165, 1.54) is 23.1 Å². The molecule has 0 aliphatic carbocycles. The van der Waals surface area contributed by atoms with Crippen LogP contribution in [0, 0.1) is 0 Å². The van der Waals surface area contributed by atoms with Gasteiger partial charge in [0.15, 0.2) is 0 Å². The van der Waals surface area contributed by atoms with Crippen molar-refractivity contribution < 1.29 is 18.9 Å². The van der Waals surface area contributed by atoms with E-state index in [1.54, 1.807) is 24.3 Å². The minimum Gasteiger partial charge on any atom is -0.478 e. The Morgan fingerprint density at radius 3 is 2.37 bits per heavy atom. The SMILES string of the molecule is O=C(O)c1ccc2c(c1)N(Cc1ccccc1)C(=O)c1ccccc1[S@]2=O. The van der Waals surface area contributed by atoms with Crippen molar-refractivity contribution in [3.63, 3.8) is 0 Å². The molecule has 3 aromatic carbocycles. The van der Waals surface area contributed by atoms with Gasteiger partial charge in [-0.1, -0.05) is 42.5 Å². The fourth-order valence-corrected chi connectivity index (χ4v) is 4.46. The largest absolute Gasteiger partial charge is 0.478 e. The van der Waals surface area contributed by atoms with Crippen LogP contribution in [0.4, 0.5) is 5.69 Å². The summed E-state index contributed by atoms with van der Waals surface area (Å²) in [5.41, 5.74) is 1.66. The molecule has 4 rings (SSSR count). The summed E-state index contributed by atoms with van der Waals surface area (Å²) >= 11 is 0. The molecule has 1 atom stereocenters. The Balaban J connectivity index is 1.94. The topological polar surface area (TPSA) is 74.7 Å². The van der Waals surface area contributed by atoms with Gasteiger partial charge in [0.05, 0.1) is 43.9 Å². The number of benzene rings is 3. The highest BCUT2D eigenvalue weighted by Gasteiger charge is 2.31. The lowest BCUT2D eigenvalue weighted by atomic mass is 10.1. The van der Waals surface area contributed by atoms with E-state index in [-0.39, 0.29) is 18.0 Å². The fraction of sp³-hybridized carbons (Fsp3) is 0.0476. The lowest BCUT2D eigenvalue weighted by molar-refractivity contribution is 0.0696. The fourth-order valence-electron chi connectivity index (χ4n) is 3.12. The Morgan fingerprint density at radius 1 is 0.926 bits per heavy atom. The molecule has 1 heterocycles. The maximum atomic E-state index is 13.3. The number of hydrogen-bond donors (Lipinski definition) is 1. The molecule has 1 N–H and O–H groups in total. The molecule has 27 heavy (non-hydrogen) atoms. The summed E-state index contributed by atoms with van der Waals surface area (Å²) in [4.78, 5) is 27.1. The van der Waals surface area contributed by atoms with Crippen molar-refractivity contribution in [2.24, 2.45) is 0 Å². The predicted octanol–water partition coefficient (Wildman–Crippen LogP) is 3.71. The molecular weight excluding hydrogens is 362 g/mol. The van der Waals surface area contributed by atoms with Gasteiger partial charge in [-0.15, -0.1) is 0 Å². The van der Waals surface area contributed by atoms with E-state index >= 15 is 0 Å². The number of rotatable bonds is 3. The first-order chi connectivity index (χ1) is 13.1. The molecule has 0 aromatic heterocycles. The third-order valence-electron chi connectivity index (χ3n) is 4.44. The smallest absolute Gasteiger partial charge is 0.335 e. The summed E-state index contributed by atoms with van der Waals surface area (Å²) in [7, 11) is -1.58. The Bertz CT molecular complexity index is 1080. The second-order valence-electron chi connectivity index (χ2n) is 6.13. The van der Waals surface area contributed by atoms with Crippen molar-refractivity contribution in [3.8, 4) is 0 Å². The average Bonchev–Trinajstić information content (AvgIpc) is 2.78. The van der Waals surface area contributed by atoms with Crippen LogP contribution < -0.4 is 4.90 Å². The molecular formula is C21H15NO4S. The van der Waals surface area contributed by atoms with Crippen LogP contribution in [-0.2, 0) is 17.3 Å². The van der Waals surface area contributed by atoms with Gasteiger partial charge in [0.2, 0.25) is 0 Å². The van der Waals surface area contributed by atoms with Crippen molar-refractivity contribution >= 4 is 28.4 Å². The Kier molecular flexibility index (Phi) is 4.33. The van der Waals surface area contributed by atoms with Crippen molar-refractivity contribution in [2.45, 2.75) is 16.3 Å². The molecule has 0 radical (unpaired) electrons. The third kappa shape index (κ3) is 3.04. The van der Waals surface area contributed by atoms with E-state index in [0.29, 0.717) is 21.0 Å². The molecule has 1 aliphatic rings. The van der Waals surface area contributed by atoms with Crippen LogP contribution in [0.3, 0.4) is 0 Å². The quantitative estimate of drug-likeness (QED) is 0.755. The minimum atomic E-state index is -1.58. The zero-order valence-corrected chi connectivity index (χ0v) is 15.0. The van der Waals surface area contributed by atoms with Gasteiger partial charge in [0, 0.05) is 0 Å². The second kappa shape index (κ2) is 6.81. The number of carbonyl (C=O) groups excluding carboxylic acids is 1. The summed E-state index contributed by atoms with van der Waals surface area (Å²) in [6, 6.07) is 20.6. The van der Waals surface area contributed by atoms with E-state index in [2.05, 4.69) is 0 Å². The molecule has 5 nitrogen and oxygen atoms in total. The predicted molar refractivity (Wildman–Crippen MR) is 101 cm³/mol. The third-order valence-corrected chi connectivity index (χ3v) is 5.94. The minimum absolute atomic E-state index is 0.0440. The monoisotopic (exact) mass is 377 g/mol. The van der Waals surface area contributed by atoms with E-state index in [4.69, 9.17) is 0 Å². The van der Waals surface area contributed by atoms with Gasteiger partial charge in [0.25, 0.3) is 5.91 Å². The Labute approximate surface area is 158 Å². The summed E-state index contributed by atoms with van der Waals surface area (Å²) < 4.78 is 13.1. The van der Waals surface area contributed by atoms with Gasteiger partial charge >= 0.3 is 5.97 Å². The van der Waals surface area contributed by atoms with Gasteiger partial charge in [0.1, 0.15) is 0 Å². The highest BCUT2D eigenvalue weighted by Crippen LogP contribution is 2.36. The van der Waals surface area contributed by atoms with E-state index in [1.807, 2.05) is 30.3 Å². The number of aromatic carboxylic acids is 1. The number of carboxylic acids is 1. The normalized spacial score (nSPS) is 15.6. The van der Waals surface area contributed by atoms with Gasteiger partial charge < -0.3 is 10.0 Å². The lowest BCUT2D eigenvalue weighted by Gasteiger charge is -2.23. The van der Waals surface area contributed by atoms with Gasteiger partial charge in [-0.3, -0.25) is 4.79 Å². The number of anilines is 1. The number of fused-ring (bicyclic) bond motifs is 2. The van der Waals surface area contributed by atoms with Gasteiger partial charge in [-0.2, -0.15) is 0 Å². The van der Waals surface area contributed by atoms with Crippen molar-refractivity contribution in [3.05, 3.63) is 89.5 Å². The molecule has 1 aliphatic heterocycles. The summed E-state index contributed by atoms with van der Waals surface area (Å²) in [5, 5.41) is 9.36. The van der Waals surface area contributed by atoms with Crippen LogP contribution in [0.25, 0.3) is 0 Å². The number of carbonyl (C=O) groups is 2. The highest BCUT2D eigenvalue weighted by atomic mass is 32.2. The number of hydrogen-bond acceptors (Lipinski definition) is 3. The van der Waals surface area contributed by atoms with E-state index in [0.717, 1.165) is 5.56 Å². The van der Waals surface area contributed by atoms with Crippen LogP contribution >= 0.6 is 0 Å². The van der Waals surface area contributed by atoms with Crippen LogP contribution in [0.5, 0.6) is 0 Å². The van der Waals surface area contributed by atoms with E-state index < -0.39 is 16.8 Å². The summed E-state index contributed by atoms with van der Waals surface area (Å²) in [6.07, 6.45) is 0. The van der Waals surface area contributed by atoms with Gasteiger partial charge in [-0.05, 0) is 35.9 Å². The zero-order valence-electron chi connectivity index (χ0n) is 14.2. The average molecular weight is 377 g/mol. The molecule has 0 bridgehead atoms. The Morgan fingerprint density at radius 2 is 1.63 bits per heavy atom. The molecule has 6 heteroatoms. The first-order valence-corrected chi connectivity index (χ1v) is 9.45. The molecule has 0 saturated carbocycles. The van der Waals surface area contributed by atoms with Crippen molar-refractivity contribution in [1.29, 1.82) is 0 Å². The van der Waals surface area contributed by atoms with Crippen molar-refractivity contribution in [2.75, 3.05) is 4.90 Å². The van der Waals surface area contributed by atoms with Crippen LogP contribution in [0.15, 0.2) is 82.6 Å². The molecule has 0 saturated heterocycles. The second-order valence-corrected chi connectivity index (χ2v) is 7.55. The molecule has 1 amide bonds. The van der Waals surface area contributed by atoms with Gasteiger partial charge in [-0.25, -0.2) is 9.00 Å². The molecule has 3 aromatic rings. The van der Waals surface area contributed by atoms with Crippen molar-refractivity contribution in [1.82, 2.24) is 0 Å². The summed E-state index contributed by atoms with van der Waals surface area (Å²) in [6.45, 7) is 0.251. The van der Waals surface area contributed by atoms with E-state index in [9.17, 15) is 18.9 Å². The molecule has 0 spiro atoms. The van der Waals surface area contributed by atoms with Crippen LogP contribution in [0.2, 0.25) is 0 Å². The van der Waals surface area contributed by atoms with Crippen LogP contribution in [-0.4, -0.2) is 21.2 Å². The maximum Gasteiger partial charge on any atom is 0.335 e. The number of carboxylic acid groups (broad SMARTS) is 1.